The largest absolute Gasteiger partial charge is 0.465 e. The Labute approximate surface area is 99.6 Å². The van der Waals surface area contributed by atoms with Gasteiger partial charge in [-0.1, -0.05) is 0 Å². The van der Waals surface area contributed by atoms with Crippen molar-refractivity contribution in [3.8, 4) is 0 Å². The zero-order chi connectivity index (χ0) is 12.1. The zero-order valence-electron chi connectivity index (χ0n) is 10.1. The molecule has 0 unspecified atom stereocenters. The Balaban J connectivity index is 2.72. The van der Waals surface area contributed by atoms with Crippen LogP contribution in [0.3, 0.4) is 0 Å². The van der Waals surface area contributed by atoms with Crippen molar-refractivity contribution in [1.82, 2.24) is 9.36 Å². The molecule has 1 heterocycles. The molecular weight excluding hydrogens is 226 g/mol. The fraction of sp³-hybridized carbons (Fsp3) is 0.700. The molecule has 0 aliphatic rings. The fourth-order valence-corrected chi connectivity index (χ4v) is 2.03. The molecule has 1 aromatic heterocycles. The van der Waals surface area contributed by atoms with Crippen molar-refractivity contribution in [1.29, 1.82) is 0 Å². The van der Waals surface area contributed by atoms with Crippen LogP contribution in [0.4, 0.5) is 5.13 Å². The van der Waals surface area contributed by atoms with E-state index in [1.807, 2.05) is 25.7 Å². The lowest BCUT2D eigenvalue weighted by molar-refractivity contribution is -0.141. The molecule has 0 amide bonds. The van der Waals surface area contributed by atoms with Crippen molar-refractivity contribution in [3.05, 3.63) is 5.82 Å². The van der Waals surface area contributed by atoms with Crippen molar-refractivity contribution in [2.45, 2.75) is 33.7 Å². The molecule has 0 saturated heterocycles. The van der Waals surface area contributed by atoms with Gasteiger partial charge in [-0.3, -0.25) is 4.79 Å². The van der Waals surface area contributed by atoms with Gasteiger partial charge in [0.25, 0.3) is 0 Å². The number of hydrogen-bond donors (Lipinski definition) is 0. The maximum Gasteiger partial charge on any atom is 0.325 e. The van der Waals surface area contributed by atoms with E-state index < -0.39 is 0 Å². The van der Waals surface area contributed by atoms with Crippen LogP contribution in [0.5, 0.6) is 0 Å². The van der Waals surface area contributed by atoms with E-state index in [1.165, 1.54) is 11.5 Å². The van der Waals surface area contributed by atoms with Gasteiger partial charge in [-0.2, -0.15) is 4.37 Å². The molecule has 0 fully saturated rings. The Bertz CT molecular complexity index is 352. The van der Waals surface area contributed by atoms with E-state index in [9.17, 15) is 4.79 Å². The molecule has 0 saturated carbocycles. The van der Waals surface area contributed by atoms with E-state index in [2.05, 4.69) is 9.36 Å². The number of aromatic nitrogens is 2. The molecule has 0 aliphatic heterocycles. The van der Waals surface area contributed by atoms with Gasteiger partial charge >= 0.3 is 5.97 Å². The zero-order valence-corrected chi connectivity index (χ0v) is 10.9. The Kier molecular flexibility index (Phi) is 4.67. The Morgan fingerprint density at radius 1 is 1.56 bits per heavy atom. The van der Waals surface area contributed by atoms with Crippen LogP contribution in [0.25, 0.3) is 0 Å². The highest BCUT2D eigenvalue weighted by atomic mass is 32.1. The Morgan fingerprint density at radius 3 is 2.69 bits per heavy atom. The van der Waals surface area contributed by atoms with E-state index in [1.54, 1.807) is 6.92 Å². The topological polar surface area (TPSA) is 55.3 Å². The number of ether oxygens (including phenoxy) is 1. The second kappa shape index (κ2) is 5.79. The monoisotopic (exact) mass is 243 g/mol. The molecule has 1 aromatic rings. The molecule has 0 atom stereocenters. The van der Waals surface area contributed by atoms with Crippen LogP contribution in [0.2, 0.25) is 0 Å². The molecule has 0 N–H and O–H groups in total. The molecule has 16 heavy (non-hydrogen) atoms. The quantitative estimate of drug-likeness (QED) is 0.736. The third kappa shape index (κ3) is 3.44. The maximum atomic E-state index is 11.4. The normalized spacial score (nSPS) is 10.6. The average Bonchev–Trinajstić information content (AvgIpc) is 2.61. The first-order chi connectivity index (χ1) is 7.54. The number of hydrogen-bond acceptors (Lipinski definition) is 6. The number of carbonyl (C=O) groups excluding carboxylic acids is 1. The minimum Gasteiger partial charge on any atom is -0.465 e. The van der Waals surface area contributed by atoms with Gasteiger partial charge in [0.1, 0.15) is 12.4 Å². The minimum atomic E-state index is -0.232. The third-order valence-electron chi connectivity index (χ3n) is 1.99. The summed E-state index contributed by atoms with van der Waals surface area (Å²) in [7, 11) is 0. The number of esters is 1. The van der Waals surface area contributed by atoms with Gasteiger partial charge in [0.2, 0.25) is 5.13 Å². The maximum absolute atomic E-state index is 11.4. The average molecular weight is 243 g/mol. The summed E-state index contributed by atoms with van der Waals surface area (Å²) in [4.78, 5) is 17.6. The van der Waals surface area contributed by atoms with Crippen LogP contribution >= 0.6 is 11.5 Å². The molecule has 90 valence electrons. The SMILES string of the molecule is CCOC(=O)CN(c1nc(C)ns1)C(C)C. The number of aryl methyl sites for hydroxylation is 1. The Hall–Kier alpha value is -1.17. The predicted octanol–water partition coefficient (Wildman–Crippen LogP) is 1.62. The second-order valence-corrected chi connectivity index (χ2v) is 4.38. The first-order valence-corrected chi connectivity index (χ1v) is 6.04. The van der Waals surface area contributed by atoms with Gasteiger partial charge in [-0.25, -0.2) is 4.98 Å². The smallest absolute Gasteiger partial charge is 0.325 e. The summed E-state index contributed by atoms with van der Waals surface area (Å²) in [5, 5.41) is 0.764. The standard InChI is InChI=1S/C10H17N3O2S/c1-5-15-9(14)6-13(7(2)3)10-11-8(4)12-16-10/h7H,5-6H2,1-4H3. The number of carbonyl (C=O) groups is 1. The van der Waals surface area contributed by atoms with Crippen molar-refractivity contribution < 1.29 is 9.53 Å². The van der Waals surface area contributed by atoms with Gasteiger partial charge in [0, 0.05) is 17.6 Å². The fourth-order valence-electron chi connectivity index (χ4n) is 1.22. The van der Waals surface area contributed by atoms with Crippen molar-refractivity contribution in [2.75, 3.05) is 18.1 Å². The van der Waals surface area contributed by atoms with E-state index in [-0.39, 0.29) is 18.6 Å². The van der Waals surface area contributed by atoms with Gasteiger partial charge in [0.05, 0.1) is 6.61 Å². The molecule has 1 rings (SSSR count). The van der Waals surface area contributed by atoms with E-state index in [0.29, 0.717) is 6.61 Å². The van der Waals surface area contributed by atoms with Crippen LogP contribution < -0.4 is 4.90 Å². The minimum absolute atomic E-state index is 0.191. The van der Waals surface area contributed by atoms with E-state index in [4.69, 9.17) is 4.74 Å². The highest BCUT2D eigenvalue weighted by Crippen LogP contribution is 2.19. The number of rotatable bonds is 5. The summed E-state index contributed by atoms with van der Waals surface area (Å²) in [5.74, 6) is 0.499. The summed E-state index contributed by atoms with van der Waals surface area (Å²) in [6.45, 7) is 8.28. The first-order valence-electron chi connectivity index (χ1n) is 5.27. The Morgan fingerprint density at radius 2 is 2.25 bits per heavy atom. The lowest BCUT2D eigenvalue weighted by Crippen LogP contribution is -2.36. The first kappa shape index (κ1) is 12.9. The lowest BCUT2D eigenvalue weighted by atomic mass is 10.3. The highest BCUT2D eigenvalue weighted by Gasteiger charge is 2.18. The molecule has 0 bridgehead atoms. The van der Waals surface area contributed by atoms with Crippen LogP contribution in [0.1, 0.15) is 26.6 Å². The van der Waals surface area contributed by atoms with Crippen LogP contribution in [0.15, 0.2) is 0 Å². The van der Waals surface area contributed by atoms with E-state index >= 15 is 0 Å². The van der Waals surface area contributed by atoms with Crippen molar-refractivity contribution in [3.63, 3.8) is 0 Å². The highest BCUT2D eigenvalue weighted by molar-refractivity contribution is 7.09. The van der Waals surface area contributed by atoms with Crippen LogP contribution in [0, 0.1) is 6.92 Å². The predicted molar refractivity (Wildman–Crippen MR) is 63.8 cm³/mol. The molecule has 0 radical (unpaired) electrons. The molecule has 5 nitrogen and oxygen atoms in total. The summed E-state index contributed by atoms with van der Waals surface area (Å²) in [5.41, 5.74) is 0. The summed E-state index contributed by atoms with van der Waals surface area (Å²) >= 11 is 1.30. The van der Waals surface area contributed by atoms with Crippen LogP contribution in [-0.2, 0) is 9.53 Å². The number of anilines is 1. The second-order valence-electron chi connectivity index (χ2n) is 3.65. The molecule has 0 aromatic carbocycles. The summed E-state index contributed by atoms with van der Waals surface area (Å²) in [6, 6.07) is 0.191. The van der Waals surface area contributed by atoms with Gasteiger partial charge in [0.15, 0.2) is 0 Å². The lowest BCUT2D eigenvalue weighted by Gasteiger charge is -2.24. The molecule has 0 aliphatic carbocycles. The molecular formula is C10H17N3O2S. The number of nitrogens with zero attached hydrogens (tertiary/aromatic N) is 3. The van der Waals surface area contributed by atoms with Crippen molar-refractivity contribution in [2.24, 2.45) is 0 Å². The third-order valence-corrected chi connectivity index (χ3v) is 2.84. The van der Waals surface area contributed by atoms with Crippen LogP contribution in [-0.4, -0.2) is 34.5 Å². The van der Waals surface area contributed by atoms with Gasteiger partial charge < -0.3 is 9.64 Å². The van der Waals surface area contributed by atoms with Gasteiger partial charge in [-0.05, 0) is 27.7 Å². The summed E-state index contributed by atoms with van der Waals surface area (Å²) < 4.78 is 9.04. The molecule has 6 heteroatoms. The van der Waals surface area contributed by atoms with Gasteiger partial charge in [-0.15, -0.1) is 0 Å². The van der Waals surface area contributed by atoms with E-state index in [0.717, 1.165) is 11.0 Å². The summed E-state index contributed by atoms with van der Waals surface area (Å²) in [6.07, 6.45) is 0. The van der Waals surface area contributed by atoms with Crippen molar-refractivity contribution >= 4 is 22.6 Å². The molecule has 0 spiro atoms.